The first-order chi connectivity index (χ1) is 8.74. The molecule has 1 aromatic carbocycles. The van der Waals surface area contributed by atoms with E-state index in [2.05, 4.69) is 36.3 Å². The summed E-state index contributed by atoms with van der Waals surface area (Å²) in [5, 5.41) is 4.25. The van der Waals surface area contributed by atoms with Crippen molar-refractivity contribution in [2.24, 2.45) is 0 Å². The fourth-order valence-electron chi connectivity index (χ4n) is 2.79. The van der Waals surface area contributed by atoms with Crippen LogP contribution in [0.25, 0.3) is 0 Å². The summed E-state index contributed by atoms with van der Waals surface area (Å²) < 4.78 is 0. The monoisotopic (exact) mass is 266 g/mol. The third-order valence-corrected chi connectivity index (χ3v) is 4.25. The van der Waals surface area contributed by atoms with E-state index in [1.165, 1.54) is 36.9 Å². The lowest BCUT2D eigenvalue weighted by atomic mass is 10.1. The quantitative estimate of drug-likeness (QED) is 0.871. The highest BCUT2D eigenvalue weighted by molar-refractivity contribution is 6.31. The van der Waals surface area contributed by atoms with Gasteiger partial charge in [-0.3, -0.25) is 0 Å². The number of rotatable bonds is 5. The van der Waals surface area contributed by atoms with Crippen LogP contribution in [0.5, 0.6) is 0 Å². The Morgan fingerprint density at radius 2 is 2.06 bits per heavy atom. The standard InChI is InChI=1S/C15H23ClN2/c1-3-17-11-13-14(16)9-6-10-15(13)18(2)12-7-4-5-8-12/h6,9-10,12,17H,3-5,7-8,11H2,1-2H3. The van der Waals surface area contributed by atoms with Crippen LogP contribution in [0.15, 0.2) is 18.2 Å². The molecule has 0 unspecified atom stereocenters. The van der Waals surface area contributed by atoms with E-state index in [1.54, 1.807) is 0 Å². The first-order valence-electron chi connectivity index (χ1n) is 6.95. The van der Waals surface area contributed by atoms with Crippen LogP contribution in [-0.2, 0) is 6.54 Å². The van der Waals surface area contributed by atoms with Gasteiger partial charge in [0.15, 0.2) is 0 Å². The molecule has 0 heterocycles. The summed E-state index contributed by atoms with van der Waals surface area (Å²) in [7, 11) is 2.21. The molecule has 1 aromatic rings. The first-order valence-corrected chi connectivity index (χ1v) is 7.32. The minimum Gasteiger partial charge on any atom is -0.371 e. The topological polar surface area (TPSA) is 15.3 Å². The number of benzene rings is 1. The normalized spacial score (nSPS) is 16.2. The molecular formula is C15H23ClN2. The van der Waals surface area contributed by atoms with Crippen molar-refractivity contribution in [3.63, 3.8) is 0 Å². The van der Waals surface area contributed by atoms with Gasteiger partial charge in [0.05, 0.1) is 0 Å². The van der Waals surface area contributed by atoms with Gasteiger partial charge in [0, 0.05) is 35.9 Å². The molecule has 2 nitrogen and oxygen atoms in total. The van der Waals surface area contributed by atoms with Gasteiger partial charge in [-0.2, -0.15) is 0 Å². The summed E-state index contributed by atoms with van der Waals surface area (Å²) >= 11 is 6.35. The molecule has 0 radical (unpaired) electrons. The molecule has 2 rings (SSSR count). The SMILES string of the molecule is CCNCc1c(Cl)cccc1N(C)C1CCCC1. The molecule has 0 aliphatic heterocycles. The van der Waals surface area contributed by atoms with E-state index in [0.717, 1.165) is 18.1 Å². The van der Waals surface area contributed by atoms with Crippen LogP contribution in [0.3, 0.4) is 0 Å². The van der Waals surface area contributed by atoms with Crippen LogP contribution in [0.4, 0.5) is 5.69 Å². The smallest absolute Gasteiger partial charge is 0.0471 e. The number of nitrogens with one attached hydrogen (secondary N) is 1. The Hall–Kier alpha value is -0.730. The minimum atomic E-state index is 0.684. The summed E-state index contributed by atoms with van der Waals surface area (Å²) in [6.07, 6.45) is 5.34. The predicted molar refractivity (Wildman–Crippen MR) is 79.5 cm³/mol. The van der Waals surface area contributed by atoms with Crippen LogP contribution in [0.2, 0.25) is 5.02 Å². The van der Waals surface area contributed by atoms with Gasteiger partial charge >= 0.3 is 0 Å². The van der Waals surface area contributed by atoms with Gasteiger partial charge in [0.25, 0.3) is 0 Å². The molecule has 1 saturated carbocycles. The zero-order valence-electron chi connectivity index (χ0n) is 11.4. The molecule has 1 aliphatic carbocycles. The van der Waals surface area contributed by atoms with E-state index < -0.39 is 0 Å². The van der Waals surface area contributed by atoms with Crippen molar-refractivity contribution in [3.8, 4) is 0 Å². The van der Waals surface area contributed by atoms with Crippen LogP contribution >= 0.6 is 11.6 Å². The van der Waals surface area contributed by atoms with E-state index >= 15 is 0 Å². The Kier molecular flexibility index (Phi) is 4.90. The van der Waals surface area contributed by atoms with Gasteiger partial charge in [0.1, 0.15) is 0 Å². The van der Waals surface area contributed by atoms with E-state index in [9.17, 15) is 0 Å². The fourth-order valence-corrected chi connectivity index (χ4v) is 3.03. The molecule has 1 N–H and O–H groups in total. The van der Waals surface area contributed by atoms with Crippen LogP contribution in [0, 0.1) is 0 Å². The Bertz CT molecular complexity index is 386. The second kappa shape index (κ2) is 6.44. The van der Waals surface area contributed by atoms with E-state index in [-0.39, 0.29) is 0 Å². The Morgan fingerprint density at radius 1 is 1.33 bits per heavy atom. The number of halogens is 1. The average molecular weight is 267 g/mol. The molecule has 0 atom stereocenters. The second-order valence-corrected chi connectivity index (χ2v) is 5.47. The predicted octanol–water partition coefficient (Wildman–Crippen LogP) is 3.83. The van der Waals surface area contributed by atoms with Crippen molar-refractivity contribution in [1.29, 1.82) is 0 Å². The molecule has 1 aliphatic rings. The number of nitrogens with zero attached hydrogens (tertiary/aromatic N) is 1. The molecule has 0 spiro atoms. The van der Waals surface area contributed by atoms with E-state index in [1.807, 2.05) is 6.07 Å². The van der Waals surface area contributed by atoms with Gasteiger partial charge in [-0.25, -0.2) is 0 Å². The lowest BCUT2D eigenvalue weighted by molar-refractivity contribution is 0.645. The molecule has 3 heteroatoms. The summed E-state index contributed by atoms with van der Waals surface area (Å²) in [6, 6.07) is 6.92. The number of hydrogen-bond donors (Lipinski definition) is 1. The second-order valence-electron chi connectivity index (χ2n) is 5.07. The molecule has 18 heavy (non-hydrogen) atoms. The lowest BCUT2D eigenvalue weighted by Crippen LogP contribution is -2.30. The van der Waals surface area contributed by atoms with Crippen molar-refractivity contribution < 1.29 is 0 Å². The maximum atomic E-state index is 6.35. The zero-order valence-corrected chi connectivity index (χ0v) is 12.1. The highest BCUT2D eigenvalue weighted by Gasteiger charge is 2.22. The lowest BCUT2D eigenvalue weighted by Gasteiger charge is -2.29. The summed E-state index contributed by atoms with van der Waals surface area (Å²) in [5.74, 6) is 0. The first kappa shape index (κ1) is 13.7. The molecule has 0 amide bonds. The van der Waals surface area contributed by atoms with E-state index in [4.69, 9.17) is 11.6 Å². The largest absolute Gasteiger partial charge is 0.371 e. The average Bonchev–Trinajstić information content (AvgIpc) is 2.90. The van der Waals surface area contributed by atoms with Crippen LogP contribution < -0.4 is 10.2 Å². The minimum absolute atomic E-state index is 0.684. The third kappa shape index (κ3) is 2.99. The highest BCUT2D eigenvalue weighted by atomic mass is 35.5. The van der Waals surface area contributed by atoms with Crippen LogP contribution in [-0.4, -0.2) is 19.6 Å². The van der Waals surface area contributed by atoms with Gasteiger partial charge in [0.2, 0.25) is 0 Å². The fraction of sp³-hybridized carbons (Fsp3) is 0.600. The molecule has 100 valence electrons. The maximum Gasteiger partial charge on any atom is 0.0471 e. The summed E-state index contributed by atoms with van der Waals surface area (Å²) in [6.45, 7) is 3.94. The van der Waals surface area contributed by atoms with Crippen molar-refractivity contribution in [2.45, 2.75) is 45.2 Å². The van der Waals surface area contributed by atoms with Crippen molar-refractivity contribution in [3.05, 3.63) is 28.8 Å². The van der Waals surface area contributed by atoms with E-state index in [0.29, 0.717) is 6.04 Å². The van der Waals surface area contributed by atoms with Gasteiger partial charge in [-0.15, -0.1) is 0 Å². The number of hydrogen-bond acceptors (Lipinski definition) is 2. The summed E-state index contributed by atoms with van der Waals surface area (Å²) in [4.78, 5) is 2.42. The van der Waals surface area contributed by atoms with Gasteiger partial charge in [-0.1, -0.05) is 37.4 Å². The van der Waals surface area contributed by atoms with Crippen molar-refractivity contribution >= 4 is 17.3 Å². The highest BCUT2D eigenvalue weighted by Crippen LogP contribution is 2.32. The molecular weight excluding hydrogens is 244 g/mol. The van der Waals surface area contributed by atoms with Crippen molar-refractivity contribution in [2.75, 3.05) is 18.5 Å². The Labute approximate surface area is 115 Å². The van der Waals surface area contributed by atoms with Crippen molar-refractivity contribution in [1.82, 2.24) is 5.32 Å². The molecule has 0 bridgehead atoms. The van der Waals surface area contributed by atoms with Gasteiger partial charge in [-0.05, 0) is 31.5 Å². The van der Waals surface area contributed by atoms with Crippen LogP contribution in [0.1, 0.15) is 38.2 Å². The maximum absolute atomic E-state index is 6.35. The van der Waals surface area contributed by atoms with Gasteiger partial charge < -0.3 is 10.2 Å². The molecule has 1 fully saturated rings. The number of anilines is 1. The Balaban J connectivity index is 2.21. The third-order valence-electron chi connectivity index (χ3n) is 3.90. The zero-order chi connectivity index (χ0) is 13.0. The molecule has 0 saturated heterocycles. The molecule has 0 aromatic heterocycles. The summed E-state index contributed by atoms with van der Waals surface area (Å²) in [5.41, 5.74) is 2.52. The Morgan fingerprint density at radius 3 is 2.72 bits per heavy atom.